The van der Waals surface area contributed by atoms with Crippen LogP contribution in [0.15, 0.2) is 24.4 Å². The van der Waals surface area contributed by atoms with Crippen molar-refractivity contribution in [1.82, 2.24) is 9.97 Å². The summed E-state index contributed by atoms with van der Waals surface area (Å²) in [6.45, 7) is 5.05. The van der Waals surface area contributed by atoms with Crippen LogP contribution >= 0.6 is 23.2 Å². The molecular formula is C19H23Cl2N5. The van der Waals surface area contributed by atoms with Gasteiger partial charge in [0.15, 0.2) is 5.82 Å². The summed E-state index contributed by atoms with van der Waals surface area (Å²) in [5, 5.41) is 0.921. The van der Waals surface area contributed by atoms with Crippen LogP contribution in [0.25, 0.3) is 11.3 Å². The van der Waals surface area contributed by atoms with E-state index in [2.05, 4.69) is 21.8 Å². The Morgan fingerprint density at radius 1 is 1.23 bits per heavy atom. The average molecular weight is 392 g/mol. The zero-order valence-corrected chi connectivity index (χ0v) is 16.3. The summed E-state index contributed by atoms with van der Waals surface area (Å²) in [5.41, 5.74) is 13.7. The second-order valence-corrected chi connectivity index (χ2v) is 8.70. The summed E-state index contributed by atoms with van der Waals surface area (Å²) >= 11 is 12.4. The minimum absolute atomic E-state index is 0.291. The molecule has 26 heavy (non-hydrogen) atoms. The number of anilines is 2. The Morgan fingerprint density at radius 2 is 1.92 bits per heavy atom. The van der Waals surface area contributed by atoms with Crippen LogP contribution in [-0.2, 0) is 0 Å². The van der Waals surface area contributed by atoms with Crippen molar-refractivity contribution in [1.29, 1.82) is 0 Å². The minimum atomic E-state index is 0.291. The number of aromatic nitrogens is 2. The van der Waals surface area contributed by atoms with Crippen LogP contribution in [0.2, 0.25) is 10.0 Å². The molecule has 1 saturated carbocycles. The van der Waals surface area contributed by atoms with Crippen molar-refractivity contribution in [2.24, 2.45) is 23.0 Å². The smallest absolute Gasteiger partial charge is 0.152 e. The molecule has 1 saturated heterocycles. The van der Waals surface area contributed by atoms with Crippen molar-refractivity contribution in [2.45, 2.75) is 19.8 Å². The standard InChI is InChI=1S/C19H23Cl2N5/c1-19(10-22)5-11-8-26(9-12(11)6-19)15-7-24-17(18(23)25-15)13-3-2-4-14(20)16(13)21/h2-4,7,11-12H,5-6,8-10,22H2,1H3,(H2,23,25)/t11-,12?,19-/m0/s1. The van der Waals surface area contributed by atoms with E-state index < -0.39 is 0 Å². The van der Waals surface area contributed by atoms with Crippen LogP contribution in [0.4, 0.5) is 11.6 Å². The molecule has 0 amide bonds. The summed E-state index contributed by atoms with van der Waals surface area (Å²) in [4.78, 5) is 11.4. The molecule has 1 aromatic heterocycles. The molecule has 5 nitrogen and oxygen atoms in total. The topological polar surface area (TPSA) is 81.1 Å². The van der Waals surface area contributed by atoms with Gasteiger partial charge in [-0.2, -0.15) is 0 Å². The molecule has 138 valence electrons. The van der Waals surface area contributed by atoms with Crippen molar-refractivity contribution in [2.75, 3.05) is 30.3 Å². The van der Waals surface area contributed by atoms with Gasteiger partial charge < -0.3 is 16.4 Å². The van der Waals surface area contributed by atoms with Gasteiger partial charge in [-0.25, -0.2) is 9.97 Å². The summed E-state index contributed by atoms with van der Waals surface area (Å²) in [6, 6.07) is 5.42. The number of nitrogens with zero attached hydrogens (tertiary/aromatic N) is 3. The molecule has 0 radical (unpaired) electrons. The number of rotatable bonds is 3. The van der Waals surface area contributed by atoms with Crippen LogP contribution in [0.1, 0.15) is 19.8 Å². The number of nitrogens with two attached hydrogens (primary N) is 2. The van der Waals surface area contributed by atoms with Crippen molar-refractivity contribution >= 4 is 34.8 Å². The monoisotopic (exact) mass is 391 g/mol. The van der Waals surface area contributed by atoms with Gasteiger partial charge in [0.1, 0.15) is 11.5 Å². The van der Waals surface area contributed by atoms with Gasteiger partial charge in [0.25, 0.3) is 0 Å². The molecule has 0 bridgehead atoms. The lowest BCUT2D eigenvalue weighted by Gasteiger charge is -2.26. The lowest BCUT2D eigenvalue weighted by Crippen LogP contribution is -2.29. The van der Waals surface area contributed by atoms with Gasteiger partial charge in [-0.15, -0.1) is 0 Å². The Bertz CT molecular complexity index is 827. The van der Waals surface area contributed by atoms with E-state index in [9.17, 15) is 0 Å². The Labute approximate surface area is 163 Å². The van der Waals surface area contributed by atoms with Crippen molar-refractivity contribution in [3.8, 4) is 11.3 Å². The van der Waals surface area contributed by atoms with E-state index in [1.807, 2.05) is 12.1 Å². The summed E-state index contributed by atoms with van der Waals surface area (Å²) in [7, 11) is 0. The van der Waals surface area contributed by atoms with E-state index in [0.717, 1.165) is 25.5 Å². The first-order valence-electron chi connectivity index (χ1n) is 8.92. The highest BCUT2D eigenvalue weighted by Crippen LogP contribution is 2.49. The molecule has 2 aromatic rings. The number of benzene rings is 1. The molecule has 2 heterocycles. The molecule has 0 spiro atoms. The summed E-state index contributed by atoms with van der Waals surface area (Å²) in [5.74, 6) is 2.55. The van der Waals surface area contributed by atoms with E-state index in [-0.39, 0.29) is 0 Å². The van der Waals surface area contributed by atoms with Crippen LogP contribution in [-0.4, -0.2) is 29.6 Å². The minimum Gasteiger partial charge on any atom is -0.382 e. The highest BCUT2D eigenvalue weighted by molar-refractivity contribution is 6.43. The van der Waals surface area contributed by atoms with Gasteiger partial charge >= 0.3 is 0 Å². The van der Waals surface area contributed by atoms with E-state index in [1.54, 1.807) is 12.3 Å². The molecule has 1 aliphatic carbocycles. The maximum atomic E-state index is 6.30. The lowest BCUT2D eigenvalue weighted by atomic mass is 9.87. The van der Waals surface area contributed by atoms with E-state index >= 15 is 0 Å². The Morgan fingerprint density at radius 3 is 2.54 bits per heavy atom. The first kappa shape index (κ1) is 17.8. The molecule has 1 aromatic carbocycles. The maximum absolute atomic E-state index is 6.30. The SMILES string of the molecule is C[C@@]1(CN)CC2CN(c3cnc(-c4cccc(Cl)c4Cl)c(N)n3)C[C@@H]2C1. The zero-order valence-electron chi connectivity index (χ0n) is 14.8. The van der Waals surface area contributed by atoms with E-state index in [1.165, 1.54) is 12.8 Å². The van der Waals surface area contributed by atoms with Gasteiger partial charge in [-0.1, -0.05) is 42.3 Å². The average Bonchev–Trinajstić information content (AvgIpc) is 3.13. The third-order valence-electron chi connectivity index (χ3n) is 5.90. The third kappa shape index (κ3) is 3.02. The van der Waals surface area contributed by atoms with Gasteiger partial charge in [-0.05, 0) is 42.7 Å². The highest BCUT2D eigenvalue weighted by Gasteiger charge is 2.46. The van der Waals surface area contributed by atoms with Crippen LogP contribution in [0.5, 0.6) is 0 Å². The largest absolute Gasteiger partial charge is 0.382 e. The molecule has 2 aliphatic rings. The number of hydrogen-bond acceptors (Lipinski definition) is 5. The van der Waals surface area contributed by atoms with E-state index in [0.29, 0.717) is 44.4 Å². The number of fused-ring (bicyclic) bond motifs is 1. The van der Waals surface area contributed by atoms with Gasteiger partial charge in [0.2, 0.25) is 0 Å². The molecule has 1 aliphatic heterocycles. The van der Waals surface area contributed by atoms with Crippen molar-refractivity contribution in [3.63, 3.8) is 0 Å². The molecular weight excluding hydrogens is 369 g/mol. The Kier molecular flexibility index (Phi) is 4.49. The highest BCUT2D eigenvalue weighted by atomic mass is 35.5. The first-order valence-corrected chi connectivity index (χ1v) is 9.68. The quantitative estimate of drug-likeness (QED) is 0.830. The maximum Gasteiger partial charge on any atom is 0.152 e. The number of halogens is 2. The second kappa shape index (κ2) is 6.55. The van der Waals surface area contributed by atoms with Crippen molar-refractivity contribution < 1.29 is 0 Å². The number of nitrogen functional groups attached to an aromatic ring is 1. The normalized spacial score (nSPS) is 27.8. The fraction of sp³-hybridized carbons (Fsp3) is 0.474. The van der Waals surface area contributed by atoms with Crippen LogP contribution < -0.4 is 16.4 Å². The van der Waals surface area contributed by atoms with Crippen LogP contribution in [0.3, 0.4) is 0 Å². The fourth-order valence-electron chi connectivity index (χ4n) is 4.54. The molecule has 3 atom stereocenters. The lowest BCUT2D eigenvalue weighted by molar-refractivity contribution is 0.324. The summed E-state index contributed by atoms with van der Waals surface area (Å²) in [6.07, 6.45) is 4.15. The zero-order chi connectivity index (χ0) is 18.5. The van der Waals surface area contributed by atoms with Crippen LogP contribution in [0, 0.1) is 17.3 Å². The van der Waals surface area contributed by atoms with Gasteiger partial charge in [-0.3, -0.25) is 0 Å². The molecule has 1 unspecified atom stereocenters. The Hall–Kier alpha value is -1.56. The Balaban J connectivity index is 1.56. The molecule has 4 N–H and O–H groups in total. The second-order valence-electron chi connectivity index (χ2n) is 7.91. The predicted molar refractivity (Wildman–Crippen MR) is 107 cm³/mol. The summed E-state index contributed by atoms with van der Waals surface area (Å²) < 4.78 is 0. The van der Waals surface area contributed by atoms with E-state index in [4.69, 9.17) is 34.7 Å². The van der Waals surface area contributed by atoms with Gasteiger partial charge in [0, 0.05) is 18.7 Å². The molecule has 7 heteroatoms. The molecule has 2 fully saturated rings. The predicted octanol–water partition coefficient (Wildman–Crippen LogP) is 3.84. The molecule has 4 rings (SSSR count). The first-order chi connectivity index (χ1) is 12.4. The van der Waals surface area contributed by atoms with Gasteiger partial charge in [0.05, 0.1) is 16.2 Å². The number of hydrogen-bond donors (Lipinski definition) is 2. The van der Waals surface area contributed by atoms with Crippen molar-refractivity contribution in [3.05, 3.63) is 34.4 Å². The fourth-order valence-corrected chi connectivity index (χ4v) is 4.93. The third-order valence-corrected chi connectivity index (χ3v) is 6.72.